The molecule has 0 spiro atoms. The number of aliphatic hydroxyl groups excluding tert-OH is 1. The number of fused-ring (bicyclic) bond motifs is 1. The molecule has 0 aliphatic carbocycles. The maximum absolute atomic E-state index is 8.88. The summed E-state index contributed by atoms with van der Waals surface area (Å²) in [5.41, 5.74) is 2.59. The smallest absolute Gasteiger partial charge is 0.165 e. The number of anilines is 1. The van der Waals surface area contributed by atoms with Crippen molar-refractivity contribution < 1.29 is 9.84 Å². The Kier molecular flexibility index (Phi) is 3.70. The molecule has 0 saturated carbocycles. The molecule has 6 heteroatoms. The van der Waals surface area contributed by atoms with Gasteiger partial charge in [-0.2, -0.15) is 5.10 Å². The second-order valence-electron chi connectivity index (χ2n) is 4.49. The minimum atomic E-state index is 0.0610. The first-order valence-corrected chi connectivity index (χ1v) is 6.66. The second kappa shape index (κ2) is 5.80. The van der Waals surface area contributed by atoms with E-state index in [4.69, 9.17) is 9.84 Å². The summed E-state index contributed by atoms with van der Waals surface area (Å²) < 4.78 is 7.11. The number of hydrogen-bond donors (Lipinski definition) is 2. The van der Waals surface area contributed by atoms with E-state index in [-0.39, 0.29) is 6.61 Å². The van der Waals surface area contributed by atoms with E-state index in [1.54, 1.807) is 17.8 Å². The Morgan fingerprint density at radius 2 is 2.10 bits per heavy atom. The first kappa shape index (κ1) is 13.4. The van der Waals surface area contributed by atoms with Gasteiger partial charge in [0.15, 0.2) is 5.65 Å². The van der Waals surface area contributed by atoms with Gasteiger partial charge >= 0.3 is 0 Å². The number of ether oxygens (including phenoxy) is 1. The van der Waals surface area contributed by atoms with Gasteiger partial charge in [-0.05, 0) is 12.1 Å². The summed E-state index contributed by atoms with van der Waals surface area (Å²) in [5.74, 6) is 1.48. The average Bonchev–Trinajstić information content (AvgIpc) is 2.95. The van der Waals surface area contributed by atoms with Gasteiger partial charge in [0.25, 0.3) is 0 Å². The molecule has 0 unspecified atom stereocenters. The number of nitrogens with one attached hydrogen (secondary N) is 1. The van der Waals surface area contributed by atoms with E-state index in [1.165, 1.54) is 0 Å². The predicted octanol–water partition coefficient (Wildman–Crippen LogP) is 1.81. The normalized spacial score (nSPS) is 10.8. The lowest BCUT2D eigenvalue weighted by atomic mass is 10.1. The van der Waals surface area contributed by atoms with Crippen LogP contribution in [0.1, 0.15) is 0 Å². The zero-order valence-corrected chi connectivity index (χ0v) is 11.7. The Bertz CT molecular complexity index is 754. The van der Waals surface area contributed by atoms with Crippen molar-refractivity contribution in [3.05, 3.63) is 42.7 Å². The number of methoxy groups -OCH3 is 1. The molecule has 21 heavy (non-hydrogen) atoms. The number of aromatic nitrogens is 3. The topological polar surface area (TPSA) is 71.7 Å². The van der Waals surface area contributed by atoms with E-state index in [1.807, 2.05) is 36.5 Å². The van der Waals surface area contributed by atoms with Crippen molar-refractivity contribution in [1.82, 2.24) is 14.6 Å². The van der Waals surface area contributed by atoms with Gasteiger partial charge in [-0.3, -0.25) is 0 Å². The molecule has 0 radical (unpaired) electrons. The highest BCUT2D eigenvalue weighted by atomic mass is 16.5. The number of nitrogens with zero attached hydrogens (tertiary/aromatic N) is 3. The average molecular weight is 284 g/mol. The molecule has 0 fully saturated rings. The third kappa shape index (κ3) is 2.53. The summed E-state index contributed by atoms with van der Waals surface area (Å²) in [5, 5.41) is 16.2. The van der Waals surface area contributed by atoms with Crippen LogP contribution in [0.5, 0.6) is 5.75 Å². The maximum Gasteiger partial charge on any atom is 0.165 e. The van der Waals surface area contributed by atoms with Crippen molar-refractivity contribution in [3.8, 4) is 16.9 Å². The van der Waals surface area contributed by atoms with E-state index in [0.717, 1.165) is 22.5 Å². The van der Waals surface area contributed by atoms with Crippen LogP contribution in [-0.2, 0) is 0 Å². The van der Waals surface area contributed by atoms with Crippen molar-refractivity contribution in [2.75, 3.05) is 25.6 Å². The summed E-state index contributed by atoms with van der Waals surface area (Å²) in [6.07, 6.45) is 3.61. The van der Waals surface area contributed by atoms with Gasteiger partial charge in [-0.1, -0.05) is 18.2 Å². The first-order chi connectivity index (χ1) is 10.3. The molecular weight excluding hydrogens is 268 g/mol. The van der Waals surface area contributed by atoms with Crippen LogP contribution in [0.4, 0.5) is 5.82 Å². The molecule has 0 bridgehead atoms. The molecule has 0 aliphatic heterocycles. The van der Waals surface area contributed by atoms with Crippen LogP contribution in [0.15, 0.2) is 42.7 Å². The Hall–Kier alpha value is -2.60. The second-order valence-corrected chi connectivity index (χ2v) is 4.49. The van der Waals surface area contributed by atoms with Crippen molar-refractivity contribution in [2.45, 2.75) is 0 Å². The Morgan fingerprint density at radius 1 is 1.24 bits per heavy atom. The van der Waals surface area contributed by atoms with Gasteiger partial charge in [0, 0.05) is 18.3 Å². The van der Waals surface area contributed by atoms with E-state index >= 15 is 0 Å². The number of aliphatic hydroxyl groups is 1. The van der Waals surface area contributed by atoms with E-state index < -0.39 is 0 Å². The van der Waals surface area contributed by atoms with Crippen molar-refractivity contribution >= 4 is 11.5 Å². The molecule has 0 atom stereocenters. The Labute approximate surface area is 122 Å². The quantitative estimate of drug-likeness (QED) is 0.747. The summed E-state index contributed by atoms with van der Waals surface area (Å²) in [7, 11) is 1.65. The SMILES string of the molecule is COc1ccccc1-c1cnn2ccc(NCCO)nc12. The zero-order valence-electron chi connectivity index (χ0n) is 11.7. The summed E-state index contributed by atoms with van der Waals surface area (Å²) >= 11 is 0. The van der Waals surface area contributed by atoms with Crippen molar-refractivity contribution in [3.63, 3.8) is 0 Å². The summed E-state index contributed by atoms with van der Waals surface area (Å²) in [6.45, 7) is 0.521. The minimum absolute atomic E-state index is 0.0610. The third-order valence-corrected chi connectivity index (χ3v) is 3.18. The third-order valence-electron chi connectivity index (χ3n) is 3.18. The van der Waals surface area contributed by atoms with Gasteiger partial charge in [0.05, 0.1) is 25.5 Å². The zero-order chi connectivity index (χ0) is 14.7. The standard InChI is InChI=1S/C15H16N4O2/c1-21-13-5-3-2-4-11(13)12-10-17-19-8-6-14(16-7-9-20)18-15(12)19/h2-6,8,10,20H,7,9H2,1H3,(H,16,18). The molecule has 108 valence electrons. The first-order valence-electron chi connectivity index (χ1n) is 6.66. The Balaban J connectivity index is 2.10. The van der Waals surface area contributed by atoms with Crippen LogP contribution in [0.2, 0.25) is 0 Å². The van der Waals surface area contributed by atoms with Crippen LogP contribution < -0.4 is 10.1 Å². The number of hydrogen-bond acceptors (Lipinski definition) is 5. The fourth-order valence-electron chi connectivity index (χ4n) is 2.21. The number of para-hydroxylation sites is 1. The van der Waals surface area contributed by atoms with Gasteiger partial charge in [-0.25, -0.2) is 9.50 Å². The predicted molar refractivity (Wildman–Crippen MR) is 80.6 cm³/mol. The fraction of sp³-hybridized carbons (Fsp3) is 0.200. The van der Waals surface area contributed by atoms with Gasteiger partial charge in [0.2, 0.25) is 0 Å². The summed E-state index contributed by atoms with van der Waals surface area (Å²) in [4.78, 5) is 4.55. The molecule has 2 N–H and O–H groups in total. The molecule has 0 amide bonds. The molecular formula is C15H16N4O2. The van der Waals surface area contributed by atoms with Gasteiger partial charge in [0.1, 0.15) is 11.6 Å². The van der Waals surface area contributed by atoms with E-state index in [2.05, 4.69) is 15.4 Å². The molecule has 2 aromatic heterocycles. The molecule has 2 heterocycles. The number of benzene rings is 1. The highest BCUT2D eigenvalue weighted by molar-refractivity contribution is 5.81. The maximum atomic E-state index is 8.88. The van der Waals surface area contributed by atoms with Crippen LogP contribution in [-0.4, -0.2) is 40.0 Å². The molecule has 0 saturated heterocycles. The van der Waals surface area contributed by atoms with Crippen LogP contribution in [0.3, 0.4) is 0 Å². The van der Waals surface area contributed by atoms with E-state index in [9.17, 15) is 0 Å². The largest absolute Gasteiger partial charge is 0.496 e. The lowest BCUT2D eigenvalue weighted by Crippen LogP contribution is -2.07. The van der Waals surface area contributed by atoms with Gasteiger partial charge in [-0.15, -0.1) is 0 Å². The van der Waals surface area contributed by atoms with E-state index in [0.29, 0.717) is 12.4 Å². The van der Waals surface area contributed by atoms with Crippen LogP contribution >= 0.6 is 0 Å². The highest BCUT2D eigenvalue weighted by Crippen LogP contribution is 2.31. The lowest BCUT2D eigenvalue weighted by Gasteiger charge is -2.07. The monoisotopic (exact) mass is 284 g/mol. The lowest BCUT2D eigenvalue weighted by molar-refractivity contribution is 0.311. The van der Waals surface area contributed by atoms with Crippen molar-refractivity contribution in [1.29, 1.82) is 0 Å². The number of rotatable bonds is 5. The molecule has 0 aliphatic rings. The van der Waals surface area contributed by atoms with Crippen LogP contribution in [0.25, 0.3) is 16.8 Å². The molecule has 1 aromatic carbocycles. The summed E-state index contributed by atoms with van der Waals surface area (Å²) in [6, 6.07) is 9.59. The Morgan fingerprint density at radius 3 is 2.90 bits per heavy atom. The van der Waals surface area contributed by atoms with Gasteiger partial charge < -0.3 is 15.2 Å². The molecule has 6 nitrogen and oxygen atoms in total. The molecule has 3 rings (SSSR count). The minimum Gasteiger partial charge on any atom is -0.496 e. The fourth-order valence-corrected chi connectivity index (χ4v) is 2.21. The van der Waals surface area contributed by atoms with Crippen LogP contribution in [0, 0.1) is 0 Å². The highest BCUT2D eigenvalue weighted by Gasteiger charge is 2.12. The van der Waals surface area contributed by atoms with Crippen molar-refractivity contribution in [2.24, 2.45) is 0 Å². The molecule has 3 aromatic rings.